The maximum Gasteiger partial charge on any atom is 0.179 e. The van der Waals surface area contributed by atoms with Crippen molar-refractivity contribution in [2.24, 2.45) is 0 Å². The van der Waals surface area contributed by atoms with Gasteiger partial charge in [-0.3, -0.25) is 4.98 Å². The second kappa shape index (κ2) is 6.67. The molecule has 24 heavy (non-hydrogen) atoms. The minimum Gasteiger partial charge on any atom is -0.491 e. The molecule has 0 spiro atoms. The lowest BCUT2D eigenvalue weighted by Crippen LogP contribution is -2.03. The number of hydrogen-bond donors (Lipinski definition) is 2. The third-order valence-corrected chi connectivity index (χ3v) is 3.48. The Kier molecular flexibility index (Phi) is 4.43. The highest BCUT2D eigenvalue weighted by atomic mass is 35.5. The van der Waals surface area contributed by atoms with Crippen molar-refractivity contribution in [2.75, 3.05) is 18.2 Å². The minimum absolute atomic E-state index is 0.172. The number of nitrogens with one attached hydrogen (secondary N) is 1. The number of methoxy groups -OCH3 is 1. The second-order valence-electron chi connectivity index (χ2n) is 4.82. The first kappa shape index (κ1) is 15.9. The number of rotatable bonds is 4. The molecule has 6 nitrogen and oxygen atoms in total. The Morgan fingerprint density at radius 2 is 2.08 bits per heavy atom. The van der Waals surface area contributed by atoms with E-state index >= 15 is 0 Å². The minimum atomic E-state index is -0.473. The molecule has 0 aliphatic rings. The van der Waals surface area contributed by atoms with Crippen molar-refractivity contribution in [1.82, 2.24) is 15.0 Å². The molecule has 2 aromatic heterocycles. The van der Waals surface area contributed by atoms with E-state index in [0.717, 1.165) is 0 Å². The van der Waals surface area contributed by atoms with Gasteiger partial charge < -0.3 is 15.8 Å². The van der Waals surface area contributed by atoms with Crippen molar-refractivity contribution in [3.05, 3.63) is 53.7 Å². The number of ether oxygens (including phenoxy) is 1. The van der Waals surface area contributed by atoms with E-state index in [1.165, 1.54) is 37.7 Å². The van der Waals surface area contributed by atoms with Gasteiger partial charge in [-0.15, -0.1) is 0 Å². The molecular formula is C16H13ClFN5O. The lowest BCUT2D eigenvalue weighted by molar-refractivity contribution is 0.413. The van der Waals surface area contributed by atoms with Crippen molar-refractivity contribution in [3.63, 3.8) is 0 Å². The number of pyridine rings is 1. The van der Waals surface area contributed by atoms with Gasteiger partial charge in [0.25, 0.3) is 0 Å². The molecule has 3 rings (SSSR count). The first-order valence-electron chi connectivity index (χ1n) is 6.91. The number of nitrogens with two attached hydrogens (primary N) is 1. The molecule has 8 heteroatoms. The zero-order valence-electron chi connectivity index (χ0n) is 12.6. The second-order valence-corrected chi connectivity index (χ2v) is 5.26. The Labute approximate surface area is 142 Å². The van der Waals surface area contributed by atoms with Crippen LogP contribution in [0.15, 0.2) is 42.9 Å². The predicted octanol–water partition coefficient (Wildman–Crippen LogP) is 3.67. The van der Waals surface area contributed by atoms with E-state index in [-0.39, 0.29) is 11.4 Å². The van der Waals surface area contributed by atoms with Gasteiger partial charge in [0.1, 0.15) is 5.82 Å². The molecule has 0 bridgehead atoms. The zero-order chi connectivity index (χ0) is 17.1. The summed E-state index contributed by atoms with van der Waals surface area (Å²) < 4.78 is 19.3. The molecule has 0 aliphatic heterocycles. The molecule has 0 aliphatic carbocycles. The van der Waals surface area contributed by atoms with Crippen LogP contribution in [0.25, 0.3) is 11.4 Å². The standard InChI is InChI=1S/C16H13ClFN5O/c1-24-14-8-21-15(10-6-9(17)2-3-11(10)18)23-16(14)22-13-4-5-20-7-12(13)19/h2-8H,19H2,1H3,(H,20,21,22,23). The third kappa shape index (κ3) is 3.21. The zero-order valence-corrected chi connectivity index (χ0v) is 13.4. The average molecular weight is 346 g/mol. The Morgan fingerprint density at radius 1 is 1.25 bits per heavy atom. The van der Waals surface area contributed by atoms with E-state index in [2.05, 4.69) is 20.3 Å². The number of benzene rings is 1. The molecular weight excluding hydrogens is 333 g/mol. The quantitative estimate of drug-likeness (QED) is 0.750. The van der Waals surface area contributed by atoms with Crippen LogP contribution in [0.2, 0.25) is 5.02 Å². The summed E-state index contributed by atoms with van der Waals surface area (Å²) in [4.78, 5) is 12.4. The normalized spacial score (nSPS) is 10.5. The molecule has 0 amide bonds. The van der Waals surface area contributed by atoms with Gasteiger partial charge in [-0.25, -0.2) is 14.4 Å². The van der Waals surface area contributed by atoms with Crippen LogP contribution in [-0.4, -0.2) is 22.1 Å². The monoisotopic (exact) mass is 345 g/mol. The lowest BCUT2D eigenvalue weighted by Gasteiger charge is -2.12. The number of hydrogen-bond acceptors (Lipinski definition) is 6. The van der Waals surface area contributed by atoms with Crippen LogP contribution < -0.4 is 15.8 Å². The van der Waals surface area contributed by atoms with Gasteiger partial charge in [0.05, 0.1) is 36.4 Å². The highest BCUT2D eigenvalue weighted by Crippen LogP contribution is 2.30. The van der Waals surface area contributed by atoms with E-state index in [0.29, 0.717) is 28.0 Å². The molecule has 2 heterocycles. The number of halogens is 2. The third-order valence-electron chi connectivity index (χ3n) is 3.25. The molecule has 0 saturated heterocycles. The van der Waals surface area contributed by atoms with Crippen LogP contribution in [0.3, 0.4) is 0 Å². The van der Waals surface area contributed by atoms with E-state index in [1.807, 2.05) is 0 Å². The fourth-order valence-electron chi connectivity index (χ4n) is 2.06. The van der Waals surface area contributed by atoms with Gasteiger partial charge in [-0.1, -0.05) is 11.6 Å². The van der Waals surface area contributed by atoms with E-state index in [1.54, 1.807) is 12.3 Å². The summed E-state index contributed by atoms with van der Waals surface area (Å²) in [7, 11) is 1.49. The molecule has 122 valence electrons. The molecule has 0 fully saturated rings. The fraction of sp³-hybridized carbons (Fsp3) is 0.0625. The van der Waals surface area contributed by atoms with Gasteiger partial charge >= 0.3 is 0 Å². The molecule has 3 aromatic rings. The average Bonchev–Trinajstić information content (AvgIpc) is 2.59. The SMILES string of the molecule is COc1cnc(-c2cc(Cl)ccc2F)nc1Nc1ccncc1N. The summed E-state index contributed by atoms with van der Waals surface area (Å²) in [6.45, 7) is 0. The summed E-state index contributed by atoms with van der Waals surface area (Å²) in [5, 5.41) is 3.43. The number of anilines is 3. The molecule has 1 aromatic carbocycles. The first-order valence-corrected chi connectivity index (χ1v) is 7.29. The summed E-state index contributed by atoms with van der Waals surface area (Å²) in [6.07, 6.45) is 4.54. The Hall–Kier alpha value is -2.93. The van der Waals surface area contributed by atoms with Crippen LogP contribution in [0.5, 0.6) is 5.75 Å². The summed E-state index contributed by atoms with van der Waals surface area (Å²) >= 11 is 5.93. The van der Waals surface area contributed by atoms with Crippen molar-refractivity contribution in [1.29, 1.82) is 0 Å². The van der Waals surface area contributed by atoms with E-state index in [4.69, 9.17) is 22.1 Å². The van der Waals surface area contributed by atoms with Crippen LogP contribution in [0.4, 0.5) is 21.6 Å². The lowest BCUT2D eigenvalue weighted by atomic mass is 10.2. The van der Waals surface area contributed by atoms with Gasteiger partial charge in [-0.2, -0.15) is 0 Å². The van der Waals surface area contributed by atoms with Crippen LogP contribution in [-0.2, 0) is 0 Å². The van der Waals surface area contributed by atoms with E-state index < -0.39 is 5.82 Å². The van der Waals surface area contributed by atoms with Gasteiger partial charge in [0, 0.05) is 11.2 Å². The number of nitrogens with zero attached hydrogens (tertiary/aromatic N) is 3. The molecule has 0 saturated carbocycles. The van der Waals surface area contributed by atoms with Gasteiger partial charge in [0.2, 0.25) is 0 Å². The topological polar surface area (TPSA) is 86.0 Å². The molecule has 3 N–H and O–H groups in total. The maximum absolute atomic E-state index is 14.0. The Morgan fingerprint density at radius 3 is 2.83 bits per heavy atom. The highest BCUT2D eigenvalue weighted by Gasteiger charge is 2.14. The van der Waals surface area contributed by atoms with Crippen LogP contribution in [0, 0.1) is 5.82 Å². The summed E-state index contributed by atoms with van der Waals surface area (Å²) in [6, 6.07) is 5.87. The number of nitrogen functional groups attached to an aromatic ring is 1. The smallest absolute Gasteiger partial charge is 0.179 e. The largest absolute Gasteiger partial charge is 0.491 e. The van der Waals surface area contributed by atoms with Crippen molar-refractivity contribution in [2.45, 2.75) is 0 Å². The van der Waals surface area contributed by atoms with Crippen LogP contribution in [0.1, 0.15) is 0 Å². The molecule has 0 radical (unpaired) electrons. The van der Waals surface area contributed by atoms with E-state index in [9.17, 15) is 4.39 Å². The van der Waals surface area contributed by atoms with Crippen LogP contribution >= 0.6 is 11.6 Å². The first-order chi connectivity index (χ1) is 11.6. The Balaban J connectivity index is 2.06. The predicted molar refractivity (Wildman–Crippen MR) is 90.9 cm³/mol. The molecule has 0 atom stereocenters. The van der Waals surface area contributed by atoms with Gasteiger partial charge in [-0.05, 0) is 24.3 Å². The highest BCUT2D eigenvalue weighted by molar-refractivity contribution is 6.30. The van der Waals surface area contributed by atoms with Crippen molar-refractivity contribution < 1.29 is 9.13 Å². The number of aromatic nitrogens is 3. The van der Waals surface area contributed by atoms with Crippen molar-refractivity contribution in [3.8, 4) is 17.1 Å². The fourth-order valence-corrected chi connectivity index (χ4v) is 2.23. The molecule has 0 unspecified atom stereocenters. The summed E-state index contributed by atoms with van der Waals surface area (Å²) in [5.41, 5.74) is 7.09. The summed E-state index contributed by atoms with van der Waals surface area (Å²) in [5.74, 6) is 0.432. The van der Waals surface area contributed by atoms with Crippen molar-refractivity contribution >= 4 is 28.8 Å². The Bertz CT molecular complexity index is 890. The van der Waals surface area contributed by atoms with Gasteiger partial charge in [0.15, 0.2) is 17.4 Å². The maximum atomic E-state index is 14.0.